The summed E-state index contributed by atoms with van der Waals surface area (Å²) < 4.78 is 0. The summed E-state index contributed by atoms with van der Waals surface area (Å²) in [6.07, 6.45) is 1.72. The SMILES string of the molecule is NC(=O)c1cccc(CNC(=O)c2ccc3ncccc3c2)c1. The average Bonchev–Trinajstić information content (AvgIpc) is 2.59. The van der Waals surface area contributed by atoms with E-state index < -0.39 is 5.91 Å². The third-order valence-electron chi connectivity index (χ3n) is 3.53. The molecule has 3 aromatic rings. The molecule has 0 unspecified atom stereocenters. The molecule has 0 saturated heterocycles. The van der Waals surface area contributed by atoms with Crippen LogP contribution < -0.4 is 11.1 Å². The lowest BCUT2D eigenvalue weighted by Gasteiger charge is -2.07. The van der Waals surface area contributed by atoms with E-state index in [2.05, 4.69) is 10.3 Å². The van der Waals surface area contributed by atoms with Crippen molar-refractivity contribution in [3.8, 4) is 0 Å². The first-order valence-electron chi connectivity index (χ1n) is 7.15. The summed E-state index contributed by atoms with van der Waals surface area (Å²) in [6.45, 7) is 0.324. The zero-order valence-corrected chi connectivity index (χ0v) is 12.3. The van der Waals surface area contributed by atoms with Crippen molar-refractivity contribution >= 4 is 22.7 Å². The highest BCUT2D eigenvalue weighted by Crippen LogP contribution is 2.13. The molecule has 5 nitrogen and oxygen atoms in total. The van der Waals surface area contributed by atoms with Crippen molar-refractivity contribution in [2.45, 2.75) is 6.54 Å². The molecule has 1 heterocycles. The standard InChI is InChI=1S/C18H15N3O2/c19-17(22)14-4-1-3-12(9-14)11-21-18(23)15-6-7-16-13(10-15)5-2-8-20-16/h1-10H,11H2,(H2,19,22)(H,21,23). The minimum absolute atomic E-state index is 0.180. The average molecular weight is 305 g/mol. The van der Waals surface area contributed by atoms with Crippen LogP contribution in [0.2, 0.25) is 0 Å². The zero-order valence-electron chi connectivity index (χ0n) is 12.3. The Morgan fingerprint density at radius 3 is 2.70 bits per heavy atom. The maximum Gasteiger partial charge on any atom is 0.251 e. The lowest BCUT2D eigenvalue weighted by Crippen LogP contribution is -2.23. The molecular formula is C18H15N3O2. The van der Waals surface area contributed by atoms with Crippen LogP contribution in [-0.4, -0.2) is 16.8 Å². The number of nitrogens with one attached hydrogen (secondary N) is 1. The second-order valence-corrected chi connectivity index (χ2v) is 5.16. The molecule has 23 heavy (non-hydrogen) atoms. The Morgan fingerprint density at radius 1 is 1.00 bits per heavy atom. The van der Waals surface area contributed by atoms with E-state index in [0.717, 1.165) is 16.5 Å². The summed E-state index contributed by atoms with van der Waals surface area (Å²) in [7, 11) is 0. The van der Waals surface area contributed by atoms with Crippen LogP contribution in [0.25, 0.3) is 10.9 Å². The molecule has 0 saturated carbocycles. The zero-order chi connectivity index (χ0) is 16.2. The van der Waals surface area contributed by atoms with Crippen molar-refractivity contribution in [2.75, 3.05) is 0 Å². The molecule has 0 radical (unpaired) electrons. The van der Waals surface area contributed by atoms with Crippen LogP contribution in [0.15, 0.2) is 60.8 Å². The molecule has 5 heteroatoms. The van der Waals surface area contributed by atoms with Crippen molar-refractivity contribution in [3.63, 3.8) is 0 Å². The second kappa shape index (κ2) is 6.27. The monoisotopic (exact) mass is 305 g/mol. The van der Waals surface area contributed by atoms with Gasteiger partial charge in [-0.1, -0.05) is 18.2 Å². The van der Waals surface area contributed by atoms with Crippen molar-refractivity contribution in [2.24, 2.45) is 5.73 Å². The fourth-order valence-electron chi connectivity index (χ4n) is 2.34. The Morgan fingerprint density at radius 2 is 1.87 bits per heavy atom. The molecule has 0 fully saturated rings. The number of pyridine rings is 1. The maximum absolute atomic E-state index is 12.3. The van der Waals surface area contributed by atoms with Gasteiger partial charge < -0.3 is 11.1 Å². The third kappa shape index (κ3) is 3.35. The van der Waals surface area contributed by atoms with Crippen LogP contribution in [0, 0.1) is 0 Å². The number of carbonyl (C=O) groups is 2. The van der Waals surface area contributed by atoms with Gasteiger partial charge >= 0.3 is 0 Å². The highest BCUT2D eigenvalue weighted by Gasteiger charge is 2.07. The number of primary amides is 1. The first-order valence-corrected chi connectivity index (χ1v) is 7.15. The highest BCUT2D eigenvalue weighted by molar-refractivity contribution is 5.98. The number of hydrogen-bond donors (Lipinski definition) is 2. The Kier molecular flexibility index (Phi) is 4.01. The van der Waals surface area contributed by atoms with Crippen molar-refractivity contribution < 1.29 is 9.59 Å². The number of fused-ring (bicyclic) bond motifs is 1. The molecule has 0 aliphatic rings. The van der Waals surface area contributed by atoms with Crippen molar-refractivity contribution in [3.05, 3.63) is 77.5 Å². The lowest BCUT2D eigenvalue weighted by molar-refractivity contribution is 0.0950. The Hall–Kier alpha value is -3.21. The first-order chi connectivity index (χ1) is 11.1. The molecule has 0 atom stereocenters. The number of aromatic nitrogens is 1. The third-order valence-corrected chi connectivity index (χ3v) is 3.53. The van der Waals surface area contributed by atoms with E-state index in [4.69, 9.17) is 5.73 Å². The van der Waals surface area contributed by atoms with E-state index in [0.29, 0.717) is 17.7 Å². The van der Waals surface area contributed by atoms with Crippen LogP contribution in [0.3, 0.4) is 0 Å². The smallest absolute Gasteiger partial charge is 0.251 e. The summed E-state index contributed by atoms with van der Waals surface area (Å²) in [5, 5.41) is 3.75. The van der Waals surface area contributed by atoms with E-state index in [1.807, 2.05) is 24.3 Å². The molecule has 2 aromatic carbocycles. The fraction of sp³-hybridized carbons (Fsp3) is 0.0556. The van der Waals surface area contributed by atoms with Gasteiger partial charge in [-0.3, -0.25) is 14.6 Å². The Bertz CT molecular complexity index is 890. The minimum Gasteiger partial charge on any atom is -0.366 e. The van der Waals surface area contributed by atoms with Gasteiger partial charge in [0.05, 0.1) is 5.52 Å². The van der Waals surface area contributed by atoms with Gasteiger partial charge in [0.15, 0.2) is 0 Å². The predicted molar refractivity (Wildman–Crippen MR) is 87.9 cm³/mol. The topological polar surface area (TPSA) is 85.1 Å². The summed E-state index contributed by atoms with van der Waals surface area (Å²) >= 11 is 0. The number of carbonyl (C=O) groups excluding carboxylic acids is 2. The first kappa shape index (κ1) is 14.7. The van der Waals surface area contributed by atoms with Gasteiger partial charge in [-0.25, -0.2) is 0 Å². The summed E-state index contributed by atoms with van der Waals surface area (Å²) in [6, 6.07) is 16.0. The van der Waals surface area contributed by atoms with Crippen LogP contribution in [0.5, 0.6) is 0 Å². The van der Waals surface area contributed by atoms with Crippen molar-refractivity contribution in [1.82, 2.24) is 10.3 Å². The van der Waals surface area contributed by atoms with Gasteiger partial charge in [0.2, 0.25) is 5.91 Å². The quantitative estimate of drug-likeness (QED) is 0.775. The van der Waals surface area contributed by atoms with E-state index in [1.54, 1.807) is 36.5 Å². The van der Waals surface area contributed by atoms with E-state index in [9.17, 15) is 9.59 Å². The van der Waals surface area contributed by atoms with Gasteiger partial charge in [0, 0.05) is 29.3 Å². The Balaban J connectivity index is 1.73. The second-order valence-electron chi connectivity index (χ2n) is 5.16. The van der Waals surface area contributed by atoms with Gasteiger partial charge in [-0.05, 0) is 42.0 Å². The fourth-order valence-corrected chi connectivity index (χ4v) is 2.34. The normalized spacial score (nSPS) is 10.4. The number of hydrogen-bond acceptors (Lipinski definition) is 3. The van der Waals surface area contributed by atoms with Crippen LogP contribution in [0.1, 0.15) is 26.3 Å². The summed E-state index contributed by atoms with van der Waals surface area (Å²) in [5.41, 5.74) is 7.90. The molecular weight excluding hydrogens is 290 g/mol. The highest BCUT2D eigenvalue weighted by atomic mass is 16.2. The number of nitrogens with two attached hydrogens (primary N) is 1. The molecule has 1 aromatic heterocycles. The van der Waals surface area contributed by atoms with Gasteiger partial charge in [-0.2, -0.15) is 0 Å². The lowest BCUT2D eigenvalue weighted by atomic mass is 10.1. The molecule has 0 spiro atoms. The van der Waals surface area contributed by atoms with E-state index in [1.165, 1.54) is 0 Å². The summed E-state index contributed by atoms with van der Waals surface area (Å²) in [4.78, 5) is 27.6. The molecule has 0 bridgehead atoms. The van der Waals surface area contributed by atoms with Gasteiger partial charge in [0.25, 0.3) is 5.91 Å². The minimum atomic E-state index is -0.486. The molecule has 0 aliphatic carbocycles. The van der Waals surface area contributed by atoms with E-state index in [-0.39, 0.29) is 5.91 Å². The summed E-state index contributed by atoms with van der Waals surface area (Å²) in [5.74, 6) is -0.666. The molecule has 3 N–H and O–H groups in total. The Labute approximate surface area is 133 Å². The van der Waals surface area contributed by atoms with Gasteiger partial charge in [0.1, 0.15) is 0 Å². The number of amides is 2. The molecule has 114 valence electrons. The molecule has 2 amide bonds. The van der Waals surface area contributed by atoms with Gasteiger partial charge in [-0.15, -0.1) is 0 Å². The number of rotatable bonds is 4. The largest absolute Gasteiger partial charge is 0.366 e. The number of benzene rings is 2. The number of nitrogens with zero attached hydrogens (tertiary/aromatic N) is 1. The van der Waals surface area contributed by atoms with Crippen LogP contribution in [-0.2, 0) is 6.54 Å². The van der Waals surface area contributed by atoms with Crippen LogP contribution >= 0.6 is 0 Å². The predicted octanol–water partition coefficient (Wildman–Crippen LogP) is 2.26. The molecule has 3 rings (SSSR count). The molecule has 0 aliphatic heterocycles. The van der Waals surface area contributed by atoms with E-state index >= 15 is 0 Å². The maximum atomic E-state index is 12.3. The van der Waals surface area contributed by atoms with Crippen LogP contribution in [0.4, 0.5) is 0 Å². The van der Waals surface area contributed by atoms with Crippen molar-refractivity contribution in [1.29, 1.82) is 0 Å².